The van der Waals surface area contributed by atoms with E-state index >= 15 is 0 Å². The number of hydrogen-bond donors (Lipinski definition) is 0. The molecular weight excluding hydrogens is 259 g/mol. The van der Waals surface area contributed by atoms with E-state index in [1.54, 1.807) is 12.1 Å². The molecule has 0 spiro atoms. The second kappa shape index (κ2) is 5.87. The van der Waals surface area contributed by atoms with Crippen molar-refractivity contribution >= 4 is 5.91 Å². The van der Waals surface area contributed by atoms with Gasteiger partial charge in [0, 0.05) is 5.56 Å². The predicted octanol–water partition coefficient (Wildman–Crippen LogP) is 2.19. The van der Waals surface area contributed by atoms with Crippen LogP contribution in [0, 0.1) is 22.7 Å². The van der Waals surface area contributed by atoms with Gasteiger partial charge >= 0.3 is 6.18 Å². The smallest absolute Gasteiger partial charge is 0.312 e. The predicted molar refractivity (Wildman–Crippen MR) is 58.6 cm³/mol. The van der Waals surface area contributed by atoms with Crippen molar-refractivity contribution in [1.82, 2.24) is 4.90 Å². The van der Waals surface area contributed by atoms with Gasteiger partial charge in [0.15, 0.2) is 0 Å². The Kier molecular flexibility index (Phi) is 4.49. The molecule has 98 valence electrons. The van der Waals surface area contributed by atoms with Crippen molar-refractivity contribution in [1.29, 1.82) is 10.5 Å². The third-order valence-corrected chi connectivity index (χ3v) is 2.27. The number of carbonyl (C=O) groups excluding carboxylic acids is 1. The average molecular weight is 267 g/mol. The van der Waals surface area contributed by atoms with Crippen molar-refractivity contribution in [3.8, 4) is 12.1 Å². The lowest BCUT2D eigenvalue weighted by atomic mass is 10.1. The largest absolute Gasteiger partial charge is 0.416 e. The van der Waals surface area contributed by atoms with E-state index in [-0.39, 0.29) is 18.7 Å². The summed E-state index contributed by atoms with van der Waals surface area (Å²) >= 11 is 0. The summed E-state index contributed by atoms with van der Waals surface area (Å²) in [6.07, 6.45) is -4.47. The molecule has 0 heterocycles. The summed E-state index contributed by atoms with van der Waals surface area (Å²) in [7, 11) is 0. The maximum Gasteiger partial charge on any atom is 0.416 e. The number of nitrogens with zero attached hydrogens (tertiary/aromatic N) is 3. The third-order valence-electron chi connectivity index (χ3n) is 2.27. The van der Waals surface area contributed by atoms with Gasteiger partial charge in [0.1, 0.15) is 13.1 Å². The fraction of sp³-hybridized carbons (Fsp3) is 0.250. The molecule has 0 aromatic heterocycles. The lowest BCUT2D eigenvalue weighted by Gasteiger charge is -2.16. The molecule has 0 fully saturated rings. The van der Waals surface area contributed by atoms with Crippen molar-refractivity contribution < 1.29 is 18.0 Å². The maximum atomic E-state index is 12.3. The molecule has 1 rings (SSSR count). The first-order chi connectivity index (χ1) is 8.90. The van der Waals surface area contributed by atoms with E-state index in [2.05, 4.69) is 0 Å². The number of benzene rings is 1. The second-order valence-electron chi connectivity index (χ2n) is 3.55. The van der Waals surface area contributed by atoms with E-state index < -0.39 is 17.6 Å². The van der Waals surface area contributed by atoms with Gasteiger partial charge in [-0.2, -0.15) is 23.7 Å². The Labute approximate surface area is 107 Å². The van der Waals surface area contributed by atoms with Crippen LogP contribution in [-0.2, 0) is 6.18 Å². The zero-order valence-corrected chi connectivity index (χ0v) is 9.61. The molecule has 19 heavy (non-hydrogen) atoms. The minimum atomic E-state index is -4.47. The van der Waals surface area contributed by atoms with Gasteiger partial charge in [-0.1, -0.05) is 0 Å². The molecule has 0 aliphatic heterocycles. The van der Waals surface area contributed by atoms with Gasteiger partial charge in [-0.3, -0.25) is 4.79 Å². The number of carbonyl (C=O) groups is 1. The van der Waals surface area contributed by atoms with Crippen LogP contribution in [-0.4, -0.2) is 23.9 Å². The van der Waals surface area contributed by atoms with E-state index in [9.17, 15) is 18.0 Å². The summed E-state index contributed by atoms with van der Waals surface area (Å²) in [4.78, 5) is 12.8. The van der Waals surface area contributed by atoms with E-state index in [1.165, 1.54) is 0 Å². The molecule has 0 aliphatic carbocycles. The number of alkyl halides is 3. The minimum Gasteiger partial charge on any atom is -0.312 e. The quantitative estimate of drug-likeness (QED) is 0.788. The highest BCUT2D eigenvalue weighted by Gasteiger charge is 2.30. The first-order valence-corrected chi connectivity index (χ1v) is 5.10. The normalized spacial score (nSPS) is 10.4. The maximum absolute atomic E-state index is 12.3. The van der Waals surface area contributed by atoms with Crippen LogP contribution in [0.4, 0.5) is 13.2 Å². The molecule has 0 unspecified atom stereocenters. The number of nitriles is 2. The molecule has 4 nitrogen and oxygen atoms in total. The van der Waals surface area contributed by atoms with Crippen molar-refractivity contribution in [2.45, 2.75) is 6.18 Å². The molecule has 7 heteroatoms. The van der Waals surface area contributed by atoms with Crippen LogP contribution >= 0.6 is 0 Å². The Morgan fingerprint density at radius 3 is 1.95 bits per heavy atom. The van der Waals surface area contributed by atoms with Gasteiger partial charge in [0.05, 0.1) is 17.7 Å². The van der Waals surface area contributed by atoms with E-state index in [0.29, 0.717) is 0 Å². The van der Waals surface area contributed by atoms with Gasteiger partial charge < -0.3 is 4.90 Å². The van der Waals surface area contributed by atoms with Crippen LogP contribution in [0.3, 0.4) is 0 Å². The summed E-state index contributed by atoms with van der Waals surface area (Å²) < 4.78 is 37.0. The number of amides is 1. The Hall–Kier alpha value is -2.54. The molecule has 1 amide bonds. The van der Waals surface area contributed by atoms with Gasteiger partial charge in [-0.25, -0.2) is 0 Å². The van der Waals surface area contributed by atoms with E-state index in [1.807, 2.05) is 0 Å². The molecule has 1 aromatic carbocycles. The molecule has 0 radical (unpaired) electrons. The molecule has 0 atom stereocenters. The van der Waals surface area contributed by atoms with E-state index in [0.717, 1.165) is 29.2 Å². The highest BCUT2D eigenvalue weighted by Crippen LogP contribution is 2.29. The molecule has 0 aliphatic rings. The highest BCUT2D eigenvalue weighted by molar-refractivity contribution is 5.94. The fourth-order valence-corrected chi connectivity index (χ4v) is 1.35. The molecular formula is C12H8F3N3O. The lowest BCUT2D eigenvalue weighted by Crippen LogP contribution is -2.31. The number of rotatable bonds is 3. The summed E-state index contributed by atoms with van der Waals surface area (Å²) in [5.74, 6) is -0.656. The van der Waals surface area contributed by atoms with Crippen LogP contribution < -0.4 is 0 Å². The molecule has 0 saturated heterocycles. The van der Waals surface area contributed by atoms with Crippen molar-refractivity contribution in [3.05, 3.63) is 35.4 Å². The second-order valence-corrected chi connectivity index (χ2v) is 3.55. The molecule has 1 aromatic rings. The molecule has 0 saturated carbocycles. The Morgan fingerprint density at radius 1 is 1.11 bits per heavy atom. The summed E-state index contributed by atoms with van der Waals surface area (Å²) in [5, 5.41) is 17.0. The molecule has 0 N–H and O–H groups in total. The summed E-state index contributed by atoms with van der Waals surface area (Å²) in [6, 6.07) is 7.03. The summed E-state index contributed by atoms with van der Waals surface area (Å²) in [6.45, 7) is -0.596. The zero-order valence-electron chi connectivity index (χ0n) is 9.61. The van der Waals surface area contributed by atoms with Crippen LogP contribution in [0.5, 0.6) is 0 Å². The van der Waals surface area contributed by atoms with Gasteiger partial charge in [0.2, 0.25) is 0 Å². The SMILES string of the molecule is N#CCN(CC#N)C(=O)c1ccc(C(F)(F)F)cc1. The first kappa shape index (κ1) is 14.5. The minimum absolute atomic E-state index is 0.00139. The van der Waals surface area contributed by atoms with Crippen molar-refractivity contribution in [2.24, 2.45) is 0 Å². The lowest BCUT2D eigenvalue weighted by molar-refractivity contribution is -0.137. The van der Waals surface area contributed by atoms with Crippen molar-refractivity contribution in [2.75, 3.05) is 13.1 Å². The van der Waals surface area contributed by atoms with Crippen LogP contribution in [0.25, 0.3) is 0 Å². The molecule has 0 bridgehead atoms. The summed E-state index contributed by atoms with van der Waals surface area (Å²) in [5.41, 5.74) is -0.866. The number of halogens is 3. The Morgan fingerprint density at radius 2 is 1.58 bits per heavy atom. The highest BCUT2D eigenvalue weighted by atomic mass is 19.4. The van der Waals surface area contributed by atoms with Crippen LogP contribution in [0.2, 0.25) is 0 Å². The zero-order chi connectivity index (χ0) is 14.5. The first-order valence-electron chi connectivity index (χ1n) is 5.10. The van der Waals surface area contributed by atoms with Gasteiger partial charge in [-0.15, -0.1) is 0 Å². The third kappa shape index (κ3) is 3.71. The van der Waals surface area contributed by atoms with Crippen molar-refractivity contribution in [3.63, 3.8) is 0 Å². The van der Waals surface area contributed by atoms with Crippen LogP contribution in [0.1, 0.15) is 15.9 Å². The van der Waals surface area contributed by atoms with Crippen LogP contribution in [0.15, 0.2) is 24.3 Å². The standard InChI is InChI=1S/C12H8F3N3O/c13-12(14,15)10-3-1-9(2-4-10)11(19)18(7-5-16)8-6-17/h1-4H,7-8H2. The van der Waals surface area contributed by atoms with Gasteiger partial charge in [-0.05, 0) is 24.3 Å². The monoisotopic (exact) mass is 267 g/mol. The number of hydrogen-bond acceptors (Lipinski definition) is 3. The average Bonchev–Trinajstić information content (AvgIpc) is 2.37. The van der Waals surface area contributed by atoms with E-state index in [4.69, 9.17) is 10.5 Å². The fourth-order valence-electron chi connectivity index (χ4n) is 1.35. The topological polar surface area (TPSA) is 67.9 Å². The Bertz CT molecular complexity index is 521. The Balaban J connectivity index is 2.95. The van der Waals surface area contributed by atoms with Gasteiger partial charge in [0.25, 0.3) is 5.91 Å².